The smallest absolute Gasteiger partial charge is 0.252 e. The Bertz CT molecular complexity index is 1230. The molecule has 1 atom stereocenters. The minimum absolute atomic E-state index is 0.0622. The predicted octanol–water partition coefficient (Wildman–Crippen LogP) is 5.14. The lowest BCUT2D eigenvalue weighted by Crippen LogP contribution is -2.28. The summed E-state index contributed by atoms with van der Waals surface area (Å²) in [5.41, 5.74) is 5.40. The number of para-hydroxylation sites is 1. The van der Waals surface area contributed by atoms with Gasteiger partial charge in [-0.25, -0.2) is 9.67 Å². The zero-order valence-corrected chi connectivity index (χ0v) is 17.9. The maximum absolute atomic E-state index is 13.3. The summed E-state index contributed by atoms with van der Waals surface area (Å²) in [6, 6.07) is 22.2. The van der Waals surface area contributed by atoms with Crippen LogP contribution in [-0.2, 0) is 0 Å². The average Bonchev–Trinajstić information content (AvgIpc) is 3.61. The quantitative estimate of drug-likeness (QED) is 0.479. The third kappa shape index (κ3) is 3.83. The summed E-state index contributed by atoms with van der Waals surface area (Å²) in [6.45, 7) is 4.66. The second-order valence-electron chi connectivity index (χ2n) is 8.42. The van der Waals surface area contributed by atoms with Crippen LogP contribution in [0.5, 0.6) is 0 Å². The molecule has 2 aromatic heterocycles. The number of amides is 1. The van der Waals surface area contributed by atoms with E-state index in [4.69, 9.17) is 10.1 Å². The zero-order valence-electron chi connectivity index (χ0n) is 17.9. The number of hydrogen-bond donors (Lipinski definition) is 1. The van der Waals surface area contributed by atoms with E-state index in [1.807, 2.05) is 66.2 Å². The van der Waals surface area contributed by atoms with Gasteiger partial charge < -0.3 is 5.32 Å². The molecule has 1 fully saturated rings. The maximum Gasteiger partial charge on any atom is 0.252 e. The number of aryl methyl sites for hydroxylation is 1. The molecule has 1 aliphatic rings. The van der Waals surface area contributed by atoms with Gasteiger partial charge in [-0.15, -0.1) is 0 Å². The number of hydrogen-bond acceptors (Lipinski definition) is 3. The molecule has 0 spiro atoms. The number of nitrogens with zero attached hydrogens (tertiary/aromatic N) is 3. The van der Waals surface area contributed by atoms with Crippen LogP contribution in [-0.4, -0.2) is 27.2 Å². The van der Waals surface area contributed by atoms with Crippen LogP contribution in [0.3, 0.4) is 0 Å². The van der Waals surface area contributed by atoms with Gasteiger partial charge in [-0.05, 0) is 49.4 Å². The Kier molecular flexibility index (Phi) is 5.02. The topological polar surface area (TPSA) is 59.8 Å². The van der Waals surface area contributed by atoms with Crippen molar-refractivity contribution in [3.8, 4) is 5.69 Å². The van der Waals surface area contributed by atoms with Gasteiger partial charge in [0.25, 0.3) is 5.91 Å². The van der Waals surface area contributed by atoms with Crippen molar-refractivity contribution in [2.75, 3.05) is 6.54 Å². The molecule has 4 aromatic rings. The van der Waals surface area contributed by atoms with E-state index >= 15 is 0 Å². The third-order valence-corrected chi connectivity index (χ3v) is 6.01. The number of carbonyl (C=O) groups is 1. The molecular formula is C26H26N4O. The molecule has 1 N–H and O–H groups in total. The Morgan fingerprint density at radius 2 is 1.77 bits per heavy atom. The number of pyridine rings is 1. The fraction of sp³-hybridized carbons (Fsp3) is 0.269. The van der Waals surface area contributed by atoms with E-state index in [0.717, 1.165) is 41.0 Å². The zero-order chi connectivity index (χ0) is 21.4. The lowest BCUT2D eigenvalue weighted by atomic mass is 10.0. The molecule has 31 heavy (non-hydrogen) atoms. The van der Waals surface area contributed by atoms with Gasteiger partial charge in [0.1, 0.15) is 0 Å². The molecule has 0 aliphatic heterocycles. The number of nitrogens with one attached hydrogen (secondary N) is 1. The second kappa shape index (κ2) is 7.99. The van der Waals surface area contributed by atoms with Crippen LogP contribution < -0.4 is 5.32 Å². The highest BCUT2D eigenvalue weighted by Gasteiger charge is 2.29. The lowest BCUT2D eigenvalue weighted by molar-refractivity contribution is 0.0953. The Balaban J connectivity index is 1.52. The SMILES string of the molecule is Cc1nn(-c2ccccc2)c2nc(C3CC3)cc(C(=O)NC[C@H](C)c3ccccc3)c12. The highest BCUT2D eigenvalue weighted by Crippen LogP contribution is 2.40. The van der Waals surface area contributed by atoms with Crippen LogP contribution in [0.25, 0.3) is 16.7 Å². The molecule has 0 radical (unpaired) electrons. The van der Waals surface area contributed by atoms with E-state index < -0.39 is 0 Å². The van der Waals surface area contributed by atoms with Gasteiger partial charge in [-0.1, -0.05) is 55.5 Å². The van der Waals surface area contributed by atoms with E-state index in [2.05, 4.69) is 24.4 Å². The van der Waals surface area contributed by atoms with Gasteiger partial charge >= 0.3 is 0 Å². The lowest BCUT2D eigenvalue weighted by Gasteiger charge is -2.14. The van der Waals surface area contributed by atoms with Gasteiger partial charge in [-0.3, -0.25) is 4.79 Å². The fourth-order valence-corrected chi connectivity index (χ4v) is 4.07. The summed E-state index contributed by atoms with van der Waals surface area (Å²) in [5.74, 6) is 0.616. The van der Waals surface area contributed by atoms with Crippen molar-refractivity contribution in [3.05, 3.63) is 89.2 Å². The molecule has 0 bridgehead atoms. The van der Waals surface area contributed by atoms with Crippen molar-refractivity contribution >= 4 is 16.9 Å². The van der Waals surface area contributed by atoms with Crippen LogP contribution in [0.1, 0.15) is 58.9 Å². The highest BCUT2D eigenvalue weighted by atomic mass is 16.1. The molecule has 0 unspecified atom stereocenters. The summed E-state index contributed by atoms with van der Waals surface area (Å²) < 4.78 is 1.86. The second-order valence-corrected chi connectivity index (χ2v) is 8.42. The van der Waals surface area contributed by atoms with Gasteiger partial charge in [0.05, 0.1) is 22.3 Å². The fourth-order valence-electron chi connectivity index (χ4n) is 4.07. The first kappa shape index (κ1) is 19.5. The van der Waals surface area contributed by atoms with Crippen LogP contribution in [0.4, 0.5) is 0 Å². The molecule has 1 amide bonds. The molecule has 2 aromatic carbocycles. The summed E-state index contributed by atoms with van der Waals surface area (Å²) in [7, 11) is 0. The molecule has 5 nitrogen and oxygen atoms in total. The minimum Gasteiger partial charge on any atom is -0.351 e. The van der Waals surface area contributed by atoms with E-state index in [0.29, 0.717) is 18.0 Å². The average molecular weight is 411 g/mol. The molecule has 0 saturated heterocycles. The summed E-state index contributed by atoms with van der Waals surface area (Å²) in [6.07, 6.45) is 2.26. The first-order valence-electron chi connectivity index (χ1n) is 10.9. The van der Waals surface area contributed by atoms with Crippen molar-refractivity contribution in [3.63, 3.8) is 0 Å². The monoisotopic (exact) mass is 410 g/mol. The first-order valence-corrected chi connectivity index (χ1v) is 10.9. The molecule has 5 heteroatoms. The van der Waals surface area contributed by atoms with Gasteiger partial charge in [0.2, 0.25) is 0 Å². The van der Waals surface area contributed by atoms with E-state index in [1.54, 1.807) is 0 Å². The standard InChI is InChI=1S/C26H26N4O/c1-17(19-9-5-3-6-10-19)16-27-26(31)22-15-23(20-13-14-20)28-25-24(22)18(2)29-30(25)21-11-7-4-8-12-21/h3-12,15,17,20H,13-14,16H2,1-2H3,(H,27,31)/t17-/m0/s1. The first-order chi connectivity index (χ1) is 15.1. The van der Waals surface area contributed by atoms with E-state index in [-0.39, 0.29) is 11.8 Å². The van der Waals surface area contributed by atoms with Crippen molar-refractivity contribution in [1.82, 2.24) is 20.1 Å². The van der Waals surface area contributed by atoms with Crippen LogP contribution in [0.15, 0.2) is 66.7 Å². The molecular weight excluding hydrogens is 384 g/mol. The normalized spacial score (nSPS) is 14.5. The van der Waals surface area contributed by atoms with Gasteiger partial charge in [0.15, 0.2) is 5.65 Å². The van der Waals surface area contributed by atoms with Crippen LogP contribution in [0, 0.1) is 6.92 Å². The third-order valence-electron chi connectivity index (χ3n) is 6.01. The maximum atomic E-state index is 13.3. The molecule has 2 heterocycles. The van der Waals surface area contributed by atoms with Crippen molar-refractivity contribution in [1.29, 1.82) is 0 Å². The predicted molar refractivity (Wildman–Crippen MR) is 123 cm³/mol. The van der Waals surface area contributed by atoms with Crippen molar-refractivity contribution < 1.29 is 4.79 Å². The molecule has 1 aliphatic carbocycles. The summed E-state index contributed by atoms with van der Waals surface area (Å²) >= 11 is 0. The Morgan fingerprint density at radius 1 is 1.10 bits per heavy atom. The van der Waals surface area contributed by atoms with Gasteiger partial charge in [-0.2, -0.15) is 5.10 Å². The minimum atomic E-state index is -0.0622. The Morgan fingerprint density at radius 3 is 2.45 bits per heavy atom. The van der Waals surface area contributed by atoms with Gasteiger partial charge in [0, 0.05) is 18.2 Å². The van der Waals surface area contributed by atoms with E-state index in [9.17, 15) is 4.79 Å². The molecule has 5 rings (SSSR count). The molecule has 1 saturated carbocycles. The Labute approximate surface area is 182 Å². The Hall–Kier alpha value is -3.47. The summed E-state index contributed by atoms with van der Waals surface area (Å²) in [5, 5.41) is 8.72. The number of rotatable bonds is 6. The number of fused-ring (bicyclic) bond motifs is 1. The highest BCUT2D eigenvalue weighted by molar-refractivity contribution is 6.06. The summed E-state index contributed by atoms with van der Waals surface area (Å²) in [4.78, 5) is 18.3. The number of carbonyl (C=O) groups excluding carboxylic acids is 1. The van der Waals surface area contributed by atoms with Crippen LogP contribution in [0.2, 0.25) is 0 Å². The largest absolute Gasteiger partial charge is 0.351 e. The van der Waals surface area contributed by atoms with Crippen molar-refractivity contribution in [2.45, 2.75) is 38.5 Å². The molecule has 156 valence electrons. The number of benzene rings is 2. The van der Waals surface area contributed by atoms with Crippen molar-refractivity contribution in [2.24, 2.45) is 0 Å². The van der Waals surface area contributed by atoms with Crippen LogP contribution >= 0.6 is 0 Å². The van der Waals surface area contributed by atoms with E-state index in [1.165, 1.54) is 5.56 Å². The number of aromatic nitrogens is 3.